The maximum absolute atomic E-state index is 12.3. The summed E-state index contributed by atoms with van der Waals surface area (Å²) in [6.45, 7) is 2.62. The van der Waals surface area contributed by atoms with Gasteiger partial charge in [0.1, 0.15) is 5.75 Å². The third-order valence-corrected chi connectivity index (χ3v) is 4.14. The molecule has 22 heavy (non-hydrogen) atoms. The van der Waals surface area contributed by atoms with Crippen molar-refractivity contribution in [1.82, 2.24) is 10.2 Å². The van der Waals surface area contributed by atoms with Crippen molar-refractivity contribution in [1.29, 1.82) is 0 Å². The lowest BCUT2D eigenvalue weighted by molar-refractivity contribution is -0.139. The molecule has 1 saturated heterocycles. The summed E-state index contributed by atoms with van der Waals surface area (Å²) in [7, 11) is 3.42. The van der Waals surface area contributed by atoms with Crippen LogP contribution >= 0.6 is 0 Å². The molecule has 0 aliphatic carbocycles. The molecule has 2 amide bonds. The van der Waals surface area contributed by atoms with Gasteiger partial charge in [-0.3, -0.25) is 9.59 Å². The van der Waals surface area contributed by atoms with Gasteiger partial charge in [0.05, 0.1) is 7.11 Å². The van der Waals surface area contributed by atoms with E-state index >= 15 is 0 Å². The van der Waals surface area contributed by atoms with Crippen LogP contribution in [0.1, 0.15) is 25.3 Å². The van der Waals surface area contributed by atoms with Crippen LogP contribution in [0.25, 0.3) is 0 Å². The van der Waals surface area contributed by atoms with E-state index in [2.05, 4.69) is 5.32 Å². The van der Waals surface area contributed by atoms with Gasteiger partial charge in [-0.25, -0.2) is 0 Å². The minimum atomic E-state index is -0.205. The smallest absolute Gasteiger partial charge is 0.223 e. The molecule has 0 bridgehead atoms. The Bertz CT molecular complexity index is 544. The van der Waals surface area contributed by atoms with Gasteiger partial charge < -0.3 is 15.0 Å². The normalized spacial score (nSPS) is 19.7. The van der Waals surface area contributed by atoms with Crippen LogP contribution in [0.3, 0.4) is 0 Å². The van der Waals surface area contributed by atoms with E-state index in [9.17, 15) is 9.59 Å². The second kappa shape index (κ2) is 7.29. The Kier molecular flexibility index (Phi) is 5.41. The Morgan fingerprint density at radius 3 is 2.86 bits per heavy atom. The molecular formula is C17H24N2O3. The Morgan fingerprint density at radius 1 is 1.45 bits per heavy atom. The van der Waals surface area contributed by atoms with Gasteiger partial charge >= 0.3 is 0 Å². The summed E-state index contributed by atoms with van der Waals surface area (Å²) >= 11 is 0. The van der Waals surface area contributed by atoms with Crippen LogP contribution < -0.4 is 10.1 Å². The molecule has 5 heteroatoms. The monoisotopic (exact) mass is 304 g/mol. The zero-order valence-electron chi connectivity index (χ0n) is 13.5. The summed E-state index contributed by atoms with van der Waals surface area (Å²) in [5, 5.41) is 3.02. The van der Waals surface area contributed by atoms with Crippen LogP contribution in [-0.2, 0) is 16.0 Å². The SMILES string of the molecule is COc1ccccc1C[C@@H](C)NC(=O)[C@@H]1CCN(C)C(=O)C1. The van der Waals surface area contributed by atoms with Crippen LogP contribution in [-0.4, -0.2) is 43.5 Å². The predicted molar refractivity (Wildman–Crippen MR) is 84.7 cm³/mol. The van der Waals surface area contributed by atoms with Crippen molar-refractivity contribution in [2.24, 2.45) is 5.92 Å². The van der Waals surface area contributed by atoms with Crippen LogP contribution in [0.15, 0.2) is 24.3 Å². The summed E-state index contributed by atoms with van der Waals surface area (Å²) in [5.74, 6) is 0.648. The Hall–Kier alpha value is -2.04. The van der Waals surface area contributed by atoms with Gasteiger partial charge in [-0.15, -0.1) is 0 Å². The number of ether oxygens (including phenoxy) is 1. The number of hydrogen-bond acceptors (Lipinski definition) is 3. The van der Waals surface area contributed by atoms with E-state index < -0.39 is 0 Å². The molecule has 1 N–H and O–H groups in total. The van der Waals surface area contributed by atoms with E-state index in [1.54, 1.807) is 19.1 Å². The zero-order valence-corrected chi connectivity index (χ0v) is 13.5. The van der Waals surface area contributed by atoms with Crippen LogP contribution in [0.4, 0.5) is 0 Å². The number of carbonyl (C=O) groups excluding carboxylic acids is 2. The first-order valence-corrected chi connectivity index (χ1v) is 7.67. The maximum atomic E-state index is 12.3. The molecule has 0 radical (unpaired) electrons. The standard InChI is InChI=1S/C17H24N2O3/c1-12(10-13-6-4-5-7-15(13)22-3)18-17(21)14-8-9-19(2)16(20)11-14/h4-7,12,14H,8-11H2,1-3H3,(H,18,21)/t12-,14-/m1/s1. The minimum Gasteiger partial charge on any atom is -0.496 e. The third kappa shape index (κ3) is 4.00. The average molecular weight is 304 g/mol. The fourth-order valence-electron chi connectivity index (χ4n) is 2.78. The minimum absolute atomic E-state index is 0.00134. The third-order valence-electron chi connectivity index (χ3n) is 4.14. The van der Waals surface area contributed by atoms with E-state index in [4.69, 9.17) is 4.74 Å². The molecule has 5 nitrogen and oxygen atoms in total. The first-order chi connectivity index (χ1) is 10.5. The van der Waals surface area contributed by atoms with Crippen LogP contribution in [0.2, 0.25) is 0 Å². The quantitative estimate of drug-likeness (QED) is 0.899. The molecule has 0 saturated carbocycles. The van der Waals surface area contributed by atoms with Gasteiger partial charge in [-0.2, -0.15) is 0 Å². The molecule has 1 aliphatic heterocycles. The van der Waals surface area contributed by atoms with Gasteiger partial charge in [-0.1, -0.05) is 18.2 Å². The number of nitrogens with zero attached hydrogens (tertiary/aromatic N) is 1. The van der Waals surface area contributed by atoms with E-state index in [0.29, 0.717) is 19.4 Å². The lowest BCUT2D eigenvalue weighted by Crippen LogP contribution is -2.44. The summed E-state index contributed by atoms with van der Waals surface area (Å²) in [6.07, 6.45) is 1.75. The molecule has 2 rings (SSSR count). The average Bonchev–Trinajstić information content (AvgIpc) is 2.50. The van der Waals surface area contributed by atoms with Gasteiger partial charge in [0, 0.05) is 32.0 Å². The Labute approximate surface area is 131 Å². The molecule has 120 valence electrons. The first-order valence-electron chi connectivity index (χ1n) is 7.67. The number of para-hydroxylation sites is 1. The lowest BCUT2D eigenvalue weighted by Gasteiger charge is -2.29. The largest absolute Gasteiger partial charge is 0.496 e. The van der Waals surface area contributed by atoms with Gasteiger partial charge in [0.2, 0.25) is 11.8 Å². The van der Waals surface area contributed by atoms with Crippen molar-refractivity contribution < 1.29 is 14.3 Å². The zero-order chi connectivity index (χ0) is 16.1. The summed E-state index contributed by atoms with van der Waals surface area (Å²) in [4.78, 5) is 25.7. The molecule has 0 aromatic heterocycles. The van der Waals surface area contributed by atoms with Crippen molar-refractivity contribution in [2.75, 3.05) is 20.7 Å². The van der Waals surface area contributed by atoms with Crippen molar-refractivity contribution in [3.8, 4) is 5.75 Å². The van der Waals surface area contributed by atoms with Gasteiger partial charge in [-0.05, 0) is 31.4 Å². The number of carbonyl (C=O) groups is 2. The summed E-state index contributed by atoms with van der Waals surface area (Å²) in [5.41, 5.74) is 1.07. The lowest BCUT2D eigenvalue weighted by atomic mass is 9.95. The van der Waals surface area contributed by atoms with Crippen molar-refractivity contribution in [3.05, 3.63) is 29.8 Å². The summed E-state index contributed by atoms with van der Waals surface area (Å²) in [6, 6.07) is 7.80. The van der Waals surface area contributed by atoms with Gasteiger partial charge in [0.25, 0.3) is 0 Å². The number of amides is 2. The maximum Gasteiger partial charge on any atom is 0.223 e. The van der Waals surface area contributed by atoms with Gasteiger partial charge in [0.15, 0.2) is 0 Å². The number of piperidine rings is 1. The fraction of sp³-hybridized carbons (Fsp3) is 0.529. The van der Waals surface area contributed by atoms with E-state index in [1.165, 1.54) is 0 Å². The number of hydrogen-bond donors (Lipinski definition) is 1. The number of methoxy groups -OCH3 is 1. The highest BCUT2D eigenvalue weighted by atomic mass is 16.5. The highest BCUT2D eigenvalue weighted by molar-refractivity contribution is 5.86. The van der Waals surface area contributed by atoms with Crippen molar-refractivity contribution >= 4 is 11.8 Å². The highest BCUT2D eigenvalue weighted by Crippen LogP contribution is 2.20. The predicted octanol–water partition coefficient (Wildman–Crippen LogP) is 1.61. The van der Waals surface area contributed by atoms with E-state index in [1.807, 2.05) is 31.2 Å². The van der Waals surface area contributed by atoms with E-state index in [-0.39, 0.29) is 23.8 Å². The molecule has 0 spiro atoms. The molecule has 1 aromatic carbocycles. The van der Waals surface area contributed by atoms with Crippen molar-refractivity contribution in [3.63, 3.8) is 0 Å². The first kappa shape index (κ1) is 16.3. The second-order valence-electron chi connectivity index (χ2n) is 5.93. The number of likely N-dealkylation sites (tertiary alicyclic amines) is 1. The number of benzene rings is 1. The molecular weight excluding hydrogens is 280 g/mol. The molecule has 1 fully saturated rings. The summed E-state index contributed by atoms with van der Waals surface area (Å²) < 4.78 is 5.33. The molecule has 1 heterocycles. The molecule has 2 atom stereocenters. The Balaban J connectivity index is 1.90. The highest BCUT2D eigenvalue weighted by Gasteiger charge is 2.29. The molecule has 0 unspecified atom stereocenters. The van der Waals surface area contributed by atoms with Crippen LogP contribution in [0.5, 0.6) is 5.75 Å². The van der Waals surface area contributed by atoms with E-state index in [0.717, 1.165) is 17.7 Å². The molecule has 1 aliphatic rings. The molecule has 1 aromatic rings. The fourth-order valence-corrected chi connectivity index (χ4v) is 2.78. The topological polar surface area (TPSA) is 58.6 Å². The second-order valence-corrected chi connectivity index (χ2v) is 5.93. The number of rotatable bonds is 5. The Morgan fingerprint density at radius 2 is 2.18 bits per heavy atom. The number of nitrogens with one attached hydrogen (secondary N) is 1. The van der Waals surface area contributed by atoms with Crippen molar-refractivity contribution in [2.45, 2.75) is 32.2 Å². The van der Waals surface area contributed by atoms with Crippen LogP contribution in [0, 0.1) is 5.92 Å².